The highest BCUT2D eigenvalue weighted by atomic mass is 35.5. The minimum absolute atomic E-state index is 0.00604. The molecule has 0 aromatic heterocycles. The highest BCUT2D eigenvalue weighted by Gasteiger charge is 2.29. The number of amides is 1. The van der Waals surface area contributed by atoms with Gasteiger partial charge in [-0.15, -0.1) is 0 Å². The molecule has 0 unspecified atom stereocenters. The zero-order chi connectivity index (χ0) is 17.9. The van der Waals surface area contributed by atoms with Gasteiger partial charge >= 0.3 is 0 Å². The maximum atomic E-state index is 12.6. The minimum atomic E-state index is -3.69. The summed E-state index contributed by atoms with van der Waals surface area (Å²) in [6.07, 6.45) is 9.59. The first-order chi connectivity index (χ1) is 12.0. The highest BCUT2D eigenvalue weighted by Crippen LogP contribution is 2.27. The monoisotopic (exact) mass is 384 g/mol. The fourth-order valence-electron chi connectivity index (χ4n) is 3.20. The van der Waals surface area contributed by atoms with Gasteiger partial charge in [-0.2, -0.15) is 0 Å². The van der Waals surface area contributed by atoms with Gasteiger partial charge in [0.05, 0.1) is 5.02 Å². The number of halogens is 1. The average Bonchev–Trinajstić information content (AvgIpc) is 3.33. The van der Waals surface area contributed by atoms with E-state index < -0.39 is 10.0 Å². The maximum absolute atomic E-state index is 12.6. The topological polar surface area (TPSA) is 75.3 Å². The summed E-state index contributed by atoms with van der Waals surface area (Å²) >= 11 is 6.07. The van der Waals surface area contributed by atoms with E-state index in [0.29, 0.717) is 5.56 Å². The first-order valence-electron chi connectivity index (χ1n) is 9.08. The average molecular weight is 385 g/mol. The molecule has 138 valence electrons. The second kappa shape index (κ2) is 8.06. The Morgan fingerprint density at radius 3 is 2.24 bits per heavy atom. The van der Waals surface area contributed by atoms with Gasteiger partial charge in [-0.25, -0.2) is 13.1 Å². The van der Waals surface area contributed by atoms with Gasteiger partial charge in [0, 0.05) is 17.6 Å². The lowest BCUT2D eigenvalue weighted by Gasteiger charge is -2.21. The lowest BCUT2D eigenvalue weighted by Crippen LogP contribution is -2.35. The van der Waals surface area contributed by atoms with E-state index in [-0.39, 0.29) is 27.9 Å². The third kappa shape index (κ3) is 5.19. The zero-order valence-corrected chi connectivity index (χ0v) is 15.8. The van der Waals surface area contributed by atoms with Crippen LogP contribution in [-0.2, 0) is 10.0 Å². The van der Waals surface area contributed by atoms with Crippen molar-refractivity contribution in [2.75, 3.05) is 0 Å². The molecule has 5 nitrogen and oxygen atoms in total. The van der Waals surface area contributed by atoms with Gasteiger partial charge in [-0.1, -0.05) is 43.7 Å². The summed E-state index contributed by atoms with van der Waals surface area (Å²) in [7, 11) is -3.69. The Balaban J connectivity index is 1.72. The second-order valence-electron chi connectivity index (χ2n) is 7.06. The van der Waals surface area contributed by atoms with Crippen LogP contribution in [0.25, 0.3) is 0 Å². The van der Waals surface area contributed by atoms with Gasteiger partial charge in [0.25, 0.3) is 5.91 Å². The molecule has 0 aliphatic heterocycles. The predicted molar refractivity (Wildman–Crippen MR) is 98.4 cm³/mol. The molecule has 1 aromatic rings. The largest absolute Gasteiger partial charge is 0.349 e. The summed E-state index contributed by atoms with van der Waals surface area (Å²) in [6.45, 7) is 0. The number of benzene rings is 1. The van der Waals surface area contributed by atoms with E-state index in [4.69, 9.17) is 11.6 Å². The van der Waals surface area contributed by atoms with Gasteiger partial charge in [0.2, 0.25) is 10.0 Å². The molecule has 2 fully saturated rings. The van der Waals surface area contributed by atoms with Crippen LogP contribution in [-0.4, -0.2) is 26.4 Å². The van der Waals surface area contributed by atoms with Crippen molar-refractivity contribution in [3.8, 4) is 0 Å². The molecule has 0 saturated heterocycles. The van der Waals surface area contributed by atoms with E-state index >= 15 is 0 Å². The van der Waals surface area contributed by atoms with Gasteiger partial charge in [0.15, 0.2) is 0 Å². The number of nitrogens with one attached hydrogen (secondary N) is 2. The minimum Gasteiger partial charge on any atom is -0.349 e. The Morgan fingerprint density at radius 1 is 0.960 bits per heavy atom. The van der Waals surface area contributed by atoms with E-state index in [0.717, 1.165) is 38.5 Å². The van der Waals surface area contributed by atoms with Crippen LogP contribution in [0.3, 0.4) is 0 Å². The van der Waals surface area contributed by atoms with Crippen molar-refractivity contribution in [1.29, 1.82) is 0 Å². The van der Waals surface area contributed by atoms with Crippen LogP contribution in [0.15, 0.2) is 23.1 Å². The number of sulfonamides is 1. The van der Waals surface area contributed by atoms with E-state index in [1.165, 1.54) is 31.4 Å². The first kappa shape index (κ1) is 18.7. The van der Waals surface area contributed by atoms with Gasteiger partial charge in [-0.05, 0) is 43.9 Å². The van der Waals surface area contributed by atoms with E-state index in [1.54, 1.807) is 6.07 Å². The lowest BCUT2D eigenvalue weighted by molar-refractivity contribution is 0.0930. The normalized spacial score (nSPS) is 19.9. The number of carbonyl (C=O) groups is 1. The molecule has 2 aliphatic rings. The summed E-state index contributed by atoms with van der Waals surface area (Å²) in [5, 5.41) is 3.19. The number of hydrogen-bond donors (Lipinski definition) is 2. The molecule has 7 heteroatoms. The molecule has 1 aromatic carbocycles. The highest BCUT2D eigenvalue weighted by molar-refractivity contribution is 7.89. The molecule has 25 heavy (non-hydrogen) atoms. The molecule has 0 spiro atoms. The SMILES string of the molecule is O=C(NC1CCCCCCC1)c1ccc(Cl)c(S(=O)(=O)NC2CC2)c1. The van der Waals surface area contributed by atoms with E-state index in [2.05, 4.69) is 10.0 Å². The number of rotatable bonds is 5. The Morgan fingerprint density at radius 2 is 1.60 bits per heavy atom. The quantitative estimate of drug-likeness (QED) is 0.814. The molecule has 2 N–H and O–H groups in total. The summed E-state index contributed by atoms with van der Waals surface area (Å²) in [5.74, 6) is -0.231. The van der Waals surface area contributed by atoms with Gasteiger partial charge in [-0.3, -0.25) is 4.79 Å². The van der Waals surface area contributed by atoms with Crippen molar-refractivity contribution in [1.82, 2.24) is 10.0 Å². The van der Waals surface area contributed by atoms with Crippen molar-refractivity contribution >= 4 is 27.5 Å². The lowest BCUT2D eigenvalue weighted by atomic mass is 9.96. The molecular weight excluding hydrogens is 360 g/mol. The van der Waals surface area contributed by atoms with Crippen LogP contribution in [0.2, 0.25) is 5.02 Å². The molecule has 2 aliphatic carbocycles. The van der Waals surface area contributed by atoms with Crippen molar-refractivity contribution in [2.45, 2.75) is 74.8 Å². The maximum Gasteiger partial charge on any atom is 0.251 e. The first-order valence-corrected chi connectivity index (χ1v) is 10.9. The molecule has 1 amide bonds. The summed E-state index contributed by atoms with van der Waals surface area (Å²) in [5.41, 5.74) is 0.336. The van der Waals surface area contributed by atoms with Crippen LogP contribution in [0.4, 0.5) is 0 Å². The molecule has 0 radical (unpaired) electrons. The standard InChI is InChI=1S/C18H25ClN2O3S/c19-16-11-8-13(12-17(16)25(23,24)21-15-9-10-15)18(22)20-14-6-4-2-1-3-5-7-14/h8,11-12,14-15,21H,1-7,9-10H2,(H,20,22). The molecule has 0 bridgehead atoms. The Hall–Kier alpha value is -1.11. The summed E-state index contributed by atoms with van der Waals surface area (Å²) < 4.78 is 27.5. The van der Waals surface area contributed by atoms with Gasteiger partial charge in [0.1, 0.15) is 4.90 Å². The summed E-state index contributed by atoms with van der Waals surface area (Å²) in [4.78, 5) is 12.5. The molecule has 2 saturated carbocycles. The smallest absolute Gasteiger partial charge is 0.251 e. The van der Waals surface area contributed by atoms with Crippen LogP contribution < -0.4 is 10.0 Å². The zero-order valence-electron chi connectivity index (χ0n) is 14.3. The van der Waals surface area contributed by atoms with Crippen LogP contribution in [0.1, 0.15) is 68.1 Å². The third-order valence-electron chi connectivity index (χ3n) is 4.82. The Bertz CT molecular complexity index is 724. The Labute approximate surface area is 154 Å². The van der Waals surface area contributed by atoms with Crippen molar-refractivity contribution < 1.29 is 13.2 Å². The number of carbonyl (C=O) groups excluding carboxylic acids is 1. The molecular formula is C18H25ClN2O3S. The fraction of sp³-hybridized carbons (Fsp3) is 0.611. The van der Waals surface area contributed by atoms with Crippen molar-refractivity contribution in [3.63, 3.8) is 0 Å². The second-order valence-corrected chi connectivity index (χ2v) is 9.15. The number of hydrogen-bond acceptors (Lipinski definition) is 3. The molecule has 0 atom stereocenters. The van der Waals surface area contributed by atoms with E-state index in [9.17, 15) is 13.2 Å². The fourth-order valence-corrected chi connectivity index (χ4v) is 5.03. The third-order valence-corrected chi connectivity index (χ3v) is 6.82. The van der Waals surface area contributed by atoms with Crippen molar-refractivity contribution in [2.24, 2.45) is 0 Å². The molecule has 3 rings (SSSR count). The Kier molecular flexibility index (Phi) is 6.02. The predicted octanol–water partition coefficient (Wildman–Crippen LogP) is 3.62. The van der Waals surface area contributed by atoms with Crippen LogP contribution in [0.5, 0.6) is 0 Å². The van der Waals surface area contributed by atoms with Gasteiger partial charge < -0.3 is 5.32 Å². The van der Waals surface area contributed by atoms with Crippen LogP contribution >= 0.6 is 11.6 Å². The van der Waals surface area contributed by atoms with Crippen LogP contribution in [0, 0.1) is 0 Å². The van der Waals surface area contributed by atoms with Crippen molar-refractivity contribution in [3.05, 3.63) is 28.8 Å². The van der Waals surface area contributed by atoms with E-state index in [1.807, 2.05) is 0 Å². The molecule has 0 heterocycles. The summed E-state index contributed by atoms with van der Waals surface area (Å²) in [6, 6.07) is 4.60.